The maximum absolute atomic E-state index is 12.5. The highest BCUT2D eigenvalue weighted by molar-refractivity contribution is 9.10. The summed E-state index contributed by atoms with van der Waals surface area (Å²) in [6.45, 7) is 4.33. The van der Waals surface area contributed by atoms with E-state index in [-0.39, 0.29) is 10.9 Å². The van der Waals surface area contributed by atoms with Gasteiger partial charge in [0.25, 0.3) is 0 Å². The maximum Gasteiger partial charge on any atom is 0.243 e. The van der Waals surface area contributed by atoms with Crippen LogP contribution in [0.15, 0.2) is 27.6 Å². The van der Waals surface area contributed by atoms with Gasteiger partial charge in [-0.25, -0.2) is 8.42 Å². The lowest BCUT2D eigenvalue weighted by Crippen LogP contribution is -2.39. The third kappa shape index (κ3) is 4.16. The molecule has 0 N–H and O–H groups in total. The zero-order valence-electron chi connectivity index (χ0n) is 11.1. The van der Waals surface area contributed by atoms with Crippen molar-refractivity contribution in [2.75, 3.05) is 20.3 Å². The molecule has 1 aromatic carbocycles. The van der Waals surface area contributed by atoms with Crippen LogP contribution in [-0.2, 0) is 14.8 Å². The van der Waals surface area contributed by atoms with Gasteiger partial charge in [0.05, 0.1) is 16.5 Å². The van der Waals surface area contributed by atoms with Crippen molar-refractivity contribution in [3.05, 3.63) is 27.7 Å². The zero-order valence-corrected chi connectivity index (χ0v) is 14.2. The van der Waals surface area contributed by atoms with Gasteiger partial charge in [0.1, 0.15) is 0 Å². The summed E-state index contributed by atoms with van der Waals surface area (Å²) in [5, 5.41) is 0.479. The Hall–Kier alpha value is -0.140. The number of ether oxygens (including phenoxy) is 1. The summed E-state index contributed by atoms with van der Waals surface area (Å²) in [5.41, 5.74) is 0. The van der Waals surface area contributed by atoms with Gasteiger partial charge in [0.15, 0.2) is 0 Å². The lowest BCUT2D eigenvalue weighted by Gasteiger charge is -2.25. The highest BCUT2D eigenvalue weighted by Crippen LogP contribution is 2.27. The van der Waals surface area contributed by atoms with Crippen molar-refractivity contribution in [2.45, 2.75) is 24.8 Å². The number of benzene rings is 1. The van der Waals surface area contributed by atoms with Crippen molar-refractivity contribution < 1.29 is 13.2 Å². The summed E-state index contributed by atoms with van der Waals surface area (Å²) in [5.74, 6) is 0. The van der Waals surface area contributed by atoms with Crippen LogP contribution in [0, 0.1) is 0 Å². The Labute approximate surface area is 127 Å². The monoisotopic (exact) mass is 369 g/mol. The van der Waals surface area contributed by atoms with Gasteiger partial charge in [0.2, 0.25) is 10.0 Å². The minimum atomic E-state index is -3.55. The molecule has 0 radical (unpaired) electrons. The second-order valence-electron chi connectivity index (χ2n) is 4.28. The van der Waals surface area contributed by atoms with Crippen molar-refractivity contribution in [1.82, 2.24) is 4.31 Å². The van der Waals surface area contributed by atoms with Crippen LogP contribution in [-0.4, -0.2) is 39.0 Å². The Kier molecular flexibility index (Phi) is 6.26. The number of halogens is 2. The second-order valence-corrected chi connectivity index (χ2v) is 7.43. The molecule has 0 heterocycles. The van der Waals surface area contributed by atoms with Crippen LogP contribution < -0.4 is 0 Å². The van der Waals surface area contributed by atoms with Crippen molar-refractivity contribution in [3.63, 3.8) is 0 Å². The van der Waals surface area contributed by atoms with Crippen molar-refractivity contribution in [1.29, 1.82) is 0 Å². The van der Waals surface area contributed by atoms with E-state index in [9.17, 15) is 8.42 Å². The topological polar surface area (TPSA) is 46.6 Å². The molecule has 0 aliphatic carbocycles. The number of sulfonamides is 1. The molecule has 7 heteroatoms. The first kappa shape index (κ1) is 16.9. The number of hydrogen-bond donors (Lipinski definition) is 0. The molecule has 19 heavy (non-hydrogen) atoms. The van der Waals surface area contributed by atoms with E-state index >= 15 is 0 Å². The molecule has 0 aromatic heterocycles. The van der Waals surface area contributed by atoms with Gasteiger partial charge in [-0.3, -0.25) is 0 Å². The Bertz CT molecular complexity index is 534. The normalized spacial score (nSPS) is 12.4. The van der Waals surface area contributed by atoms with Crippen LogP contribution >= 0.6 is 27.5 Å². The predicted octanol–water partition coefficient (Wildman–Crippen LogP) is 3.15. The molecule has 4 nitrogen and oxygen atoms in total. The molecule has 0 amide bonds. The van der Waals surface area contributed by atoms with Gasteiger partial charge in [0, 0.05) is 24.2 Å². The van der Waals surface area contributed by atoms with Crippen LogP contribution in [0.3, 0.4) is 0 Å². The Morgan fingerprint density at radius 2 is 2.05 bits per heavy atom. The molecule has 0 spiro atoms. The van der Waals surface area contributed by atoms with Crippen LogP contribution in [0.25, 0.3) is 0 Å². The first-order chi connectivity index (χ1) is 8.80. The molecule has 0 saturated heterocycles. The molecule has 1 rings (SSSR count). The fourth-order valence-corrected chi connectivity index (χ4v) is 3.91. The average Bonchev–Trinajstić information content (AvgIpc) is 2.32. The molecule has 0 unspecified atom stereocenters. The maximum atomic E-state index is 12.5. The standard InChI is InChI=1S/C12H17BrClNO3S/c1-9(2)15(6-7-18-3)19(16,17)10-4-5-12(14)11(13)8-10/h4-5,8-9H,6-7H2,1-3H3. The van der Waals surface area contributed by atoms with E-state index in [4.69, 9.17) is 16.3 Å². The molecule has 0 aliphatic rings. The SMILES string of the molecule is COCCN(C(C)C)S(=O)(=O)c1ccc(Cl)c(Br)c1. The lowest BCUT2D eigenvalue weighted by atomic mass is 10.4. The number of hydrogen-bond acceptors (Lipinski definition) is 3. The molecule has 0 atom stereocenters. The van der Waals surface area contributed by atoms with E-state index in [1.165, 1.54) is 16.4 Å². The van der Waals surface area contributed by atoms with Crippen LogP contribution in [0.1, 0.15) is 13.8 Å². The second kappa shape index (κ2) is 7.04. The molecule has 0 fully saturated rings. The Balaban J connectivity index is 3.15. The van der Waals surface area contributed by atoms with Crippen molar-refractivity contribution in [2.24, 2.45) is 0 Å². The number of rotatable bonds is 6. The summed E-state index contributed by atoms with van der Waals surface area (Å²) in [6.07, 6.45) is 0. The first-order valence-electron chi connectivity index (χ1n) is 5.76. The fourth-order valence-electron chi connectivity index (χ4n) is 1.61. The van der Waals surface area contributed by atoms with Crippen LogP contribution in [0.4, 0.5) is 0 Å². The third-order valence-corrected chi connectivity index (χ3v) is 5.87. The average molecular weight is 371 g/mol. The summed E-state index contributed by atoms with van der Waals surface area (Å²) >= 11 is 9.12. The Morgan fingerprint density at radius 1 is 1.42 bits per heavy atom. The van der Waals surface area contributed by atoms with Crippen LogP contribution in [0.2, 0.25) is 5.02 Å². The summed E-state index contributed by atoms with van der Waals surface area (Å²) in [4.78, 5) is 0.216. The molecule has 0 saturated carbocycles. The smallest absolute Gasteiger partial charge is 0.243 e. The lowest BCUT2D eigenvalue weighted by molar-refractivity contribution is 0.171. The number of methoxy groups -OCH3 is 1. The van der Waals surface area contributed by atoms with Gasteiger partial charge in [-0.15, -0.1) is 0 Å². The highest BCUT2D eigenvalue weighted by atomic mass is 79.9. The molecular weight excluding hydrogens is 354 g/mol. The van der Waals surface area contributed by atoms with Gasteiger partial charge in [-0.2, -0.15) is 4.31 Å². The van der Waals surface area contributed by atoms with E-state index in [0.29, 0.717) is 22.6 Å². The van der Waals surface area contributed by atoms with E-state index in [0.717, 1.165) is 0 Å². The zero-order chi connectivity index (χ0) is 14.6. The molecule has 108 valence electrons. The minimum absolute atomic E-state index is 0.144. The molecule has 0 bridgehead atoms. The highest BCUT2D eigenvalue weighted by Gasteiger charge is 2.27. The van der Waals surface area contributed by atoms with Crippen molar-refractivity contribution in [3.8, 4) is 0 Å². The van der Waals surface area contributed by atoms with E-state index in [1.54, 1.807) is 13.2 Å². The van der Waals surface area contributed by atoms with Crippen molar-refractivity contribution >= 4 is 37.6 Å². The molecular formula is C12H17BrClNO3S. The predicted molar refractivity (Wildman–Crippen MR) is 80.1 cm³/mol. The quantitative estimate of drug-likeness (QED) is 0.773. The molecule has 0 aliphatic heterocycles. The number of nitrogens with zero attached hydrogens (tertiary/aromatic N) is 1. The summed E-state index contributed by atoms with van der Waals surface area (Å²) in [6, 6.07) is 4.44. The Morgan fingerprint density at radius 3 is 2.53 bits per heavy atom. The molecule has 1 aromatic rings. The van der Waals surface area contributed by atoms with E-state index in [1.807, 2.05) is 13.8 Å². The van der Waals surface area contributed by atoms with Gasteiger partial charge in [-0.1, -0.05) is 11.6 Å². The van der Waals surface area contributed by atoms with Gasteiger partial charge >= 0.3 is 0 Å². The third-order valence-electron chi connectivity index (χ3n) is 2.59. The first-order valence-corrected chi connectivity index (χ1v) is 8.37. The largest absolute Gasteiger partial charge is 0.383 e. The van der Waals surface area contributed by atoms with Gasteiger partial charge in [-0.05, 0) is 48.0 Å². The fraction of sp³-hybridized carbons (Fsp3) is 0.500. The van der Waals surface area contributed by atoms with E-state index in [2.05, 4.69) is 15.9 Å². The van der Waals surface area contributed by atoms with Gasteiger partial charge < -0.3 is 4.74 Å². The summed E-state index contributed by atoms with van der Waals surface area (Å²) in [7, 11) is -2.00. The van der Waals surface area contributed by atoms with E-state index < -0.39 is 10.0 Å². The minimum Gasteiger partial charge on any atom is -0.383 e. The summed E-state index contributed by atoms with van der Waals surface area (Å²) < 4.78 is 32.0. The van der Waals surface area contributed by atoms with Crippen LogP contribution in [0.5, 0.6) is 0 Å².